The number of nitrogens with one attached hydrogen (secondary N) is 1. The zero-order valence-electron chi connectivity index (χ0n) is 12.1. The van der Waals surface area contributed by atoms with Crippen LogP contribution in [0.15, 0.2) is 27.1 Å². The van der Waals surface area contributed by atoms with Gasteiger partial charge in [-0.3, -0.25) is 0 Å². The third kappa shape index (κ3) is 3.47. The van der Waals surface area contributed by atoms with Crippen molar-refractivity contribution >= 4 is 0 Å². The van der Waals surface area contributed by atoms with Crippen LogP contribution < -0.4 is 5.32 Å². The molecule has 0 aliphatic carbocycles. The lowest BCUT2D eigenvalue weighted by Gasteiger charge is -2.09. The Morgan fingerprint density at radius 3 is 2.58 bits per heavy atom. The van der Waals surface area contributed by atoms with Crippen molar-refractivity contribution in [2.24, 2.45) is 0 Å². The first kappa shape index (κ1) is 13.9. The lowest BCUT2D eigenvalue weighted by Crippen LogP contribution is -2.17. The fourth-order valence-electron chi connectivity index (χ4n) is 1.86. The third-order valence-electron chi connectivity index (χ3n) is 3.21. The third-order valence-corrected chi connectivity index (χ3v) is 3.21. The van der Waals surface area contributed by atoms with Crippen molar-refractivity contribution in [3.05, 3.63) is 41.2 Å². The van der Waals surface area contributed by atoms with Gasteiger partial charge in [0.1, 0.15) is 11.5 Å². The summed E-state index contributed by atoms with van der Waals surface area (Å²) in [5, 5.41) is 7.42. The predicted molar refractivity (Wildman–Crippen MR) is 73.9 cm³/mol. The van der Waals surface area contributed by atoms with Crippen molar-refractivity contribution in [2.45, 2.75) is 52.6 Å². The lowest BCUT2D eigenvalue weighted by atomic mass is 10.1. The van der Waals surface area contributed by atoms with E-state index in [0.29, 0.717) is 12.5 Å². The molecule has 0 fully saturated rings. The molecule has 2 heterocycles. The van der Waals surface area contributed by atoms with Gasteiger partial charge in [-0.25, -0.2) is 0 Å². The summed E-state index contributed by atoms with van der Waals surface area (Å²) in [5.74, 6) is 3.23. The standard InChI is InChI=1S/C15H22N2O2/c1-5-12-6-7-15(18-12)11(4)16-9-13-8-14(10(2)3)17-19-13/h6-8,10-11,16H,5,9H2,1-4H3/t11-/m0/s1. The average molecular weight is 262 g/mol. The van der Waals surface area contributed by atoms with Crippen molar-refractivity contribution in [3.8, 4) is 0 Å². The van der Waals surface area contributed by atoms with Crippen molar-refractivity contribution in [1.82, 2.24) is 10.5 Å². The van der Waals surface area contributed by atoms with Crippen molar-refractivity contribution in [3.63, 3.8) is 0 Å². The minimum Gasteiger partial charge on any atom is -0.464 e. The van der Waals surface area contributed by atoms with Crippen LogP contribution in [0, 0.1) is 0 Å². The number of hydrogen-bond donors (Lipinski definition) is 1. The molecule has 0 bridgehead atoms. The van der Waals surface area contributed by atoms with Crippen LogP contribution >= 0.6 is 0 Å². The van der Waals surface area contributed by atoms with Gasteiger partial charge in [-0.2, -0.15) is 0 Å². The molecule has 4 nitrogen and oxygen atoms in total. The molecular weight excluding hydrogens is 240 g/mol. The molecule has 104 valence electrons. The van der Waals surface area contributed by atoms with E-state index in [1.54, 1.807) is 0 Å². The van der Waals surface area contributed by atoms with Gasteiger partial charge in [0.15, 0.2) is 5.76 Å². The summed E-state index contributed by atoms with van der Waals surface area (Å²) in [5.41, 5.74) is 0.996. The maximum absolute atomic E-state index is 5.72. The SMILES string of the molecule is CCc1ccc([C@H](C)NCc2cc(C(C)C)no2)o1. The molecule has 0 aromatic carbocycles. The quantitative estimate of drug-likeness (QED) is 0.860. The van der Waals surface area contributed by atoms with Crippen molar-refractivity contribution in [1.29, 1.82) is 0 Å². The van der Waals surface area contributed by atoms with Crippen LogP contribution in [-0.2, 0) is 13.0 Å². The normalized spacial score (nSPS) is 13.1. The zero-order chi connectivity index (χ0) is 13.8. The van der Waals surface area contributed by atoms with Gasteiger partial charge in [0, 0.05) is 12.5 Å². The molecule has 0 radical (unpaired) electrons. The Bertz CT molecular complexity index is 514. The minimum absolute atomic E-state index is 0.160. The zero-order valence-corrected chi connectivity index (χ0v) is 12.1. The van der Waals surface area contributed by atoms with Gasteiger partial charge in [0.25, 0.3) is 0 Å². The van der Waals surface area contributed by atoms with Crippen LogP contribution in [0.2, 0.25) is 0 Å². The van der Waals surface area contributed by atoms with Gasteiger partial charge >= 0.3 is 0 Å². The average Bonchev–Trinajstić information content (AvgIpc) is 3.04. The van der Waals surface area contributed by atoms with E-state index in [1.165, 1.54) is 0 Å². The Hall–Kier alpha value is -1.55. The molecule has 0 aliphatic rings. The molecule has 2 aromatic rings. The Morgan fingerprint density at radius 1 is 1.21 bits per heavy atom. The number of hydrogen-bond acceptors (Lipinski definition) is 4. The van der Waals surface area contributed by atoms with Gasteiger partial charge in [-0.15, -0.1) is 0 Å². The summed E-state index contributed by atoms with van der Waals surface area (Å²) >= 11 is 0. The monoisotopic (exact) mass is 262 g/mol. The summed E-state index contributed by atoms with van der Waals surface area (Å²) in [6, 6.07) is 6.21. The summed E-state index contributed by atoms with van der Waals surface area (Å²) in [4.78, 5) is 0. The Morgan fingerprint density at radius 2 is 2.00 bits per heavy atom. The Balaban J connectivity index is 1.90. The van der Waals surface area contributed by atoms with Gasteiger partial charge in [-0.1, -0.05) is 25.9 Å². The van der Waals surface area contributed by atoms with E-state index < -0.39 is 0 Å². The number of furan rings is 1. The first-order valence-corrected chi connectivity index (χ1v) is 6.87. The van der Waals surface area contributed by atoms with Gasteiger partial charge in [0.05, 0.1) is 18.3 Å². The van der Waals surface area contributed by atoms with E-state index >= 15 is 0 Å². The van der Waals surface area contributed by atoms with Crippen LogP contribution in [-0.4, -0.2) is 5.16 Å². The van der Waals surface area contributed by atoms with E-state index in [4.69, 9.17) is 8.94 Å². The number of aryl methyl sites for hydroxylation is 1. The summed E-state index contributed by atoms with van der Waals surface area (Å²) < 4.78 is 11.0. The highest BCUT2D eigenvalue weighted by molar-refractivity contribution is 5.11. The van der Waals surface area contributed by atoms with E-state index in [-0.39, 0.29) is 6.04 Å². The highest BCUT2D eigenvalue weighted by Crippen LogP contribution is 2.18. The molecule has 0 saturated carbocycles. The molecule has 19 heavy (non-hydrogen) atoms. The van der Waals surface area contributed by atoms with Gasteiger partial charge < -0.3 is 14.3 Å². The van der Waals surface area contributed by atoms with Gasteiger partial charge in [-0.05, 0) is 25.0 Å². The van der Waals surface area contributed by atoms with Crippen LogP contribution in [0.5, 0.6) is 0 Å². The van der Waals surface area contributed by atoms with Crippen molar-refractivity contribution < 1.29 is 8.94 Å². The first-order valence-electron chi connectivity index (χ1n) is 6.87. The summed E-state index contributed by atoms with van der Waals surface area (Å²) in [6.45, 7) is 9.03. The molecule has 0 unspecified atom stereocenters. The molecule has 0 spiro atoms. The minimum atomic E-state index is 0.160. The fraction of sp³-hybridized carbons (Fsp3) is 0.533. The fourth-order valence-corrected chi connectivity index (χ4v) is 1.86. The number of aromatic nitrogens is 1. The summed E-state index contributed by atoms with van der Waals surface area (Å²) in [6.07, 6.45) is 0.923. The Labute approximate surface area is 114 Å². The van der Waals surface area contributed by atoms with Crippen molar-refractivity contribution in [2.75, 3.05) is 0 Å². The second kappa shape index (κ2) is 6.06. The van der Waals surface area contributed by atoms with E-state index in [1.807, 2.05) is 18.2 Å². The highest BCUT2D eigenvalue weighted by Gasteiger charge is 2.12. The van der Waals surface area contributed by atoms with Gasteiger partial charge in [0.2, 0.25) is 0 Å². The van der Waals surface area contributed by atoms with Crippen LogP contribution in [0.1, 0.15) is 62.6 Å². The van der Waals surface area contributed by atoms with Crippen LogP contribution in [0.4, 0.5) is 0 Å². The largest absolute Gasteiger partial charge is 0.464 e. The maximum atomic E-state index is 5.72. The molecule has 0 aliphatic heterocycles. The van der Waals surface area contributed by atoms with Crippen LogP contribution in [0.25, 0.3) is 0 Å². The van der Waals surface area contributed by atoms with E-state index in [9.17, 15) is 0 Å². The molecule has 4 heteroatoms. The smallest absolute Gasteiger partial charge is 0.150 e. The first-order chi connectivity index (χ1) is 9.10. The molecule has 1 atom stereocenters. The summed E-state index contributed by atoms with van der Waals surface area (Å²) in [7, 11) is 0. The molecule has 2 aromatic heterocycles. The molecule has 1 N–H and O–H groups in total. The second-order valence-corrected chi connectivity index (χ2v) is 5.13. The molecule has 0 amide bonds. The Kier molecular flexibility index (Phi) is 4.43. The maximum Gasteiger partial charge on any atom is 0.150 e. The highest BCUT2D eigenvalue weighted by atomic mass is 16.5. The van der Waals surface area contributed by atoms with E-state index in [0.717, 1.165) is 29.4 Å². The molecule has 2 rings (SSSR count). The lowest BCUT2D eigenvalue weighted by molar-refractivity contribution is 0.347. The second-order valence-electron chi connectivity index (χ2n) is 5.13. The number of nitrogens with zero attached hydrogens (tertiary/aromatic N) is 1. The number of rotatable bonds is 6. The topological polar surface area (TPSA) is 51.2 Å². The van der Waals surface area contributed by atoms with Crippen LogP contribution in [0.3, 0.4) is 0 Å². The van der Waals surface area contributed by atoms with E-state index in [2.05, 4.69) is 38.2 Å². The molecular formula is C15H22N2O2. The molecule has 0 saturated heterocycles. The predicted octanol–water partition coefficient (Wildman–Crippen LogP) is 3.80.